The average Bonchev–Trinajstić information content (AvgIpc) is 3.29. The molecular weight excluding hydrogens is 797 g/mol. The molecule has 0 aliphatic carbocycles. The van der Waals surface area contributed by atoms with Gasteiger partial charge < -0.3 is 19.6 Å². The number of hydrogen-bond donors (Lipinski definition) is 0. The largest absolute Gasteiger partial charge is 0.304 e. The van der Waals surface area contributed by atoms with Gasteiger partial charge in [-0.15, -0.1) is 0 Å². The number of pyridine rings is 2. The summed E-state index contributed by atoms with van der Waals surface area (Å²) in [5, 5.41) is 21.0. The van der Waals surface area contributed by atoms with Crippen LogP contribution in [0.25, 0.3) is 21.8 Å². The summed E-state index contributed by atoms with van der Waals surface area (Å²) in [6.45, 7) is 20.4. The van der Waals surface area contributed by atoms with Crippen LogP contribution >= 0.6 is 0 Å². The molecule has 0 unspecified atom stereocenters. The molecular formula is C52H70N10O2. The molecule has 4 atom stereocenters. The SMILES string of the molecule is C[C@@H]1C[C@@H](c2ccc(C#N)c3ncccc23)CN(CC(=O)CCCN2CCN(C)CC2)C1.C[C@@H]1C[C@H](c2ccc(C#N)c3ncccc23)CN(CC(=O)CCCN2CCN(C)CC2)C1. The molecule has 4 fully saturated rings. The number of aromatic nitrogens is 2. The Kier molecular flexibility index (Phi) is 17.0. The van der Waals surface area contributed by atoms with E-state index in [1.165, 1.54) is 11.1 Å². The number of benzene rings is 2. The van der Waals surface area contributed by atoms with E-state index >= 15 is 0 Å². The molecule has 0 N–H and O–H groups in total. The highest BCUT2D eigenvalue weighted by Gasteiger charge is 2.30. The van der Waals surface area contributed by atoms with Gasteiger partial charge in [-0.3, -0.25) is 29.4 Å². The summed E-state index contributed by atoms with van der Waals surface area (Å²) >= 11 is 0. The van der Waals surface area contributed by atoms with E-state index in [-0.39, 0.29) is 0 Å². The summed E-state index contributed by atoms with van der Waals surface area (Å²) in [5.41, 5.74) is 5.34. The first-order valence-corrected chi connectivity index (χ1v) is 23.9. The Bertz CT molecular complexity index is 2110. The molecule has 8 rings (SSSR count). The number of ketones is 2. The van der Waals surface area contributed by atoms with Gasteiger partial charge in [0, 0.05) is 115 Å². The summed E-state index contributed by atoms with van der Waals surface area (Å²) < 4.78 is 0. The maximum Gasteiger partial charge on any atom is 0.146 e. The second-order valence-corrected chi connectivity index (χ2v) is 19.5. The highest BCUT2D eigenvalue weighted by Crippen LogP contribution is 2.36. The Morgan fingerprint density at radius 3 is 1.38 bits per heavy atom. The number of Topliss-reactive ketones (excluding diaryl/α,β-unsaturated/α-hetero) is 2. The van der Waals surface area contributed by atoms with Crippen LogP contribution < -0.4 is 0 Å². The molecule has 0 spiro atoms. The van der Waals surface area contributed by atoms with Gasteiger partial charge in [0.05, 0.1) is 35.2 Å². The molecule has 12 heteroatoms. The number of nitrogens with zero attached hydrogens (tertiary/aromatic N) is 10. The summed E-state index contributed by atoms with van der Waals surface area (Å²) in [6, 6.07) is 20.6. The van der Waals surface area contributed by atoms with E-state index in [4.69, 9.17) is 0 Å². The van der Waals surface area contributed by atoms with Crippen molar-refractivity contribution in [1.82, 2.24) is 39.4 Å². The molecule has 0 bridgehead atoms. The molecule has 4 aromatic rings. The van der Waals surface area contributed by atoms with Crippen LogP contribution in [0.15, 0.2) is 60.9 Å². The standard InChI is InChI=1S/2C26H35N5O/c2*1-20-15-22(24-8-7-21(16-27)26-25(24)6-3-9-28-26)18-31(17-20)19-23(32)5-4-10-30-13-11-29(2)12-14-30/h2*3,6-9,20,22H,4-5,10-15,17-19H2,1-2H3/t20-,22+;20-,22-/m11/s1. The Morgan fingerprint density at radius 2 is 0.984 bits per heavy atom. The minimum absolute atomic E-state index is 0.358. The van der Waals surface area contributed by atoms with Crippen LogP contribution in [0.1, 0.15) is 86.5 Å². The Morgan fingerprint density at radius 1 is 0.578 bits per heavy atom. The highest BCUT2D eigenvalue weighted by molar-refractivity contribution is 5.88. The molecule has 0 radical (unpaired) electrons. The first-order valence-electron chi connectivity index (χ1n) is 23.9. The van der Waals surface area contributed by atoms with Gasteiger partial charge in [-0.05, 0) is 112 Å². The van der Waals surface area contributed by atoms with Crippen LogP contribution in [0.2, 0.25) is 0 Å². The molecule has 0 saturated carbocycles. The van der Waals surface area contributed by atoms with Crippen molar-refractivity contribution in [3.8, 4) is 12.1 Å². The van der Waals surface area contributed by atoms with E-state index in [0.717, 1.165) is 139 Å². The molecule has 12 nitrogen and oxygen atoms in total. The van der Waals surface area contributed by atoms with E-state index in [2.05, 4.69) is 104 Å². The lowest BCUT2D eigenvalue weighted by atomic mass is 9.83. The van der Waals surface area contributed by atoms with E-state index in [1.54, 1.807) is 12.4 Å². The van der Waals surface area contributed by atoms with Gasteiger partial charge in [0.2, 0.25) is 0 Å². The fourth-order valence-electron chi connectivity index (χ4n) is 10.7. The second-order valence-electron chi connectivity index (χ2n) is 19.5. The van der Waals surface area contributed by atoms with Gasteiger partial charge in [-0.2, -0.15) is 10.5 Å². The van der Waals surface area contributed by atoms with E-state index in [0.29, 0.717) is 72.3 Å². The molecule has 6 heterocycles. The molecule has 64 heavy (non-hydrogen) atoms. The minimum Gasteiger partial charge on any atom is -0.304 e. The first-order chi connectivity index (χ1) is 31.1. The van der Waals surface area contributed by atoms with Crippen molar-refractivity contribution >= 4 is 33.4 Å². The Labute approximate surface area is 381 Å². The maximum atomic E-state index is 12.7. The lowest BCUT2D eigenvalue weighted by Crippen LogP contribution is -2.45. The van der Waals surface area contributed by atoms with Crippen molar-refractivity contribution in [1.29, 1.82) is 10.5 Å². The quantitative estimate of drug-likeness (QED) is 0.142. The van der Waals surface area contributed by atoms with Gasteiger partial charge in [0.15, 0.2) is 0 Å². The van der Waals surface area contributed by atoms with Crippen molar-refractivity contribution in [3.63, 3.8) is 0 Å². The molecule has 0 amide bonds. The fraction of sp³-hybridized carbons (Fsp3) is 0.577. The third-order valence-electron chi connectivity index (χ3n) is 14.0. The number of hydrogen-bond acceptors (Lipinski definition) is 12. The number of likely N-dealkylation sites (tertiary alicyclic amines) is 2. The third-order valence-corrected chi connectivity index (χ3v) is 14.0. The molecule has 4 aliphatic heterocycles. The lowest BCUT2D eigenvalue weighted by molar-refractivity contribution is -0.121. The van der Waals surface area contributed by atoms with Crippen LogP contribution in [0, 0.1) is 34.5 Å². The third kappa shape index (κ3) is 12.8. The summed E-state index contributed by atoms with van der Waals surface area (Å²) in [7, 11) is 4.34. The zero-order chi connectivity index (χ0) is 45.0. The van der Waals surface area contributed by atoms with Crippen molar-refractivity contribution in [2.24, 2.45) is 11.8 Å². The van der Waals surface area contributed by atoms with E-state index in [1.807, 2.05) is 24.3 Å². The summed E-state index contributed by atoms with van der Waals surface area (Å²) in [4.78, 5) is 48.8. The topological polar surface area (TPSA) is 127 Å². The number of nitriles is 2. The highest BCUT2D eigenvalue weighted by atomic mass is 16.1. The molecule has 4 saturated heterocycles. The lowest BCUT2D eigenvalue weighted by Gasteiger charge is -2.37. The van der Waals surface area contributed by atoms with Gasteiger partial charge in [0.1, 0.15) is 23.7 Å². The van der Waals surface area contributed by atoms with Gasteiger partial charge in [-0.25, -0.2) is 0 Å². The van der Waals surface area contributed by atoms with E-state index < -0.39 is 0 Å². The number of carbonyl (C=O) groups excluding carboxylic acids is 2. The van der Waals surface area contributed by atoms with Gasteiger partial charge in [0.25, 0.3) is 0 Å². The fourth-order valence-corrected chi connectivity index (χ4v) is 10.7. The monoisotopic (exact) mass is 867 g/mol. The molecule has 4 aliphatic rings. The summed E-state index contributed by atoms with van der Waals surface area (Å²) in [5.74, 6) is 2.51. The van der Waals surface area contributed by atoms with Crippen molar-refractivity contribution < 1.29 is 9.59 Å². The molecule has 2 aromatic heterocycles. The molecule has 2 aromatic carbocycles. The van der Waals surface area contributed by atoms with Crippen molar-refractivity contribution in [3.05, 3.63) is 83.2 Å². The first kappa shape index (κ1) is 47.3. The predicted molar refractivity (Wildman–Crippen MR) is 255 cm³/mol. The van der Waals surface area contributed by atoms with E-state index in [9.17, 15) is 20.1 Å². The van der Waals surface area contributed by atoms with Crippen LogP contribution in [-0.4, -0.2) is 170 Å². The average molecular weight is 867 g/mol. The van der Waals surface area contributed by atoms with Crippen LogP contribution in [-0.2, 0) is 9.59 Å². The summed E-state index contributed by atoms with van der Waals surface area (Å²) in [6.07, 6.45) is 8.97. The number of likely N-dealkylation sites (N-methyl/N-ethyl adjacent to an activating group) is 2. The van der Waals surface area contributed by atoms with Crippen LogP contribution in [0.4, 0.5) is 0 Å². The second kappa shape index (κ2) is 23.0. The Hall–Kier alpha value is -4.66. The smallest absolute Gasteiger partial charge is 0.146 e. The van der Waals surface area contributed by atoms with Crippen molar-refractivity contribution in [2.75, 3.05) is 119 Å². The number of carbonyl (C=O) groups is 2. The Balaban J connectivity index is 0.000000191. The van der Waals surface area contributed by atoms with Crippen LogP contribution in [0.5, 0.6) is 0 Å². The minimum atomic E-state index is 0.358. The number of rotatable bonds is 14. The zero-order valence-electron chi connectivity index (χ0n) is 38.9. The number of fused-ring (bicyclic) bond motifs is 2. The molecule has 340 valence electrons. The van der Waals surface area contributed by atoms with Gasteiger partial charge in [-0.1, -0.05) is 38.1 Å². The predicted octanol–water partition coefficient (Wildman–Crippen LogP) is 6.26. The van der Waals surface area contributed by atoms with Crippen molar-refractivity contribution in [2.45, 2.75) is 64.2 Å². The number of piperidine rings is 2. The van der Waals surface area contributed by atoms with Crippen LogP contribution in [0.3, 0.4) is 0 Å². The zero-order valence-corrected chi connectivity index (χ0v) is 38.9. The maximum absolute atomic E-state index is 12.7. The number of piperazine rings is 2. The van der Waals surface area contributed by atoms with Gasteiger partial charge >= 0.3 is 0 Å². The normalized spacial score (nSPS) is 23.3.